The number of carbonyl (C=O) groups excluding carboxylic acids is 3. The van der Waals surface area contributed by atoms with Crippen molar-refractivity contribution in [1.82, 2.24) is 25.1 Å². The van der Waals surface area contributed by atoms with Crippen LogP contribution in [-0.2, 0) is 16.1 Å². The molecular formula is C32H36N6O5. The van der Waals surface area contributed by atoms with Crippen LogP contribution in [0, 0.1) is 0 Å². The molecule has 3 amide bonds. The number of ether oxygens (including phenoxy) is 2. The van der Waals surface area contributed by atoms with E-state index in [-0.39, 0.29) is 54.8 Å². The van der Waals surface area contributed by atoms with Crippen molar-refractivity contribution in [3.63, 3.8) is 0 Å². The quantitative estimate of drug-likeness (QED) is 0.434. The first-order chi connectivity index (χ1) is 20.9. The van der Waals surface area contributed by atoms with Crippen molar-refractivity contribution in [2.75, 3.05) is 32.1 Å². The molecule has 2 fully saturated rings. The van der Waals surface area contributed by atoms with E-state index in [0.29, 0.717) is 29.8 Å². The summed E-state index contributed by atoms with van der Waals surface area (Å²) < 4.78 is 12.4. The van der Waals surface area contributed by atoms with Gasteiger partial charge in [0.25, 0.3) is 11.8 Å². The van der Waals surface area contributed by atoms with Crippen LogP contribution in [0.5, 0.6) is 5.75 Å². The normalized spacial score (nSPS) is 23.7. The van der Waals surface area contributed by atoms with Gasteiger partial charge < -0.3 is 25.0 Å². The van der Waals surface area contributed by atoms with Crippen molar-refractivity contribution < 1.29 is 23.9 Å². The zero-order valence-electron chi connectivity index (χ0n) is 24.1. The summed E-state index contributed by atoms with van der Waals surface area (Å²) in [5, 5.41) is 5.97. The smallest absolute Gasteiger partial charge is 0.275 e. The third-order valence-electron chi connectivity index (χ3n) is 8.36. The van der Waals surface area contributed by atoms with Gasteiger partial charge in [-0.3, -0.25) is 24.3 Å². The van der Waals surface area contributed by atoms with E-state index < -0.39 is 5.91 Å². The van der Waals surface area contributed by atoms with Crippen molar-refractivity contribution in [3.8, 4) is 5.75 Å². The number of anilines is 1. The molecule has 2 N–H and O–H groups in total. The highest BCUT2D eigenvalue weighted by molar-refractivity contribution is 6.04. The molecule has 0 unspecified atom stereocenters. The molecule has 3 aliphatic heterocycles. The maximum atomic E-state index is 13.5. The van der Waals surface area contributed by atoms with Crippen LogP contribution in [0.4, 0.5) is 5.69 Å². The molecule has 224 valence electrons. The molecule has 11 nitrogen and oxygen atoms in total. The minimum Gasteiger partial charge on any atom is -0.490 e. The molecule has 2 aromatic carbocycles. The number of nitrogens with one attached hydrogen (secondary N) is 2. The van der Waals surface area contributed by atoms with E-state index in [9.17, 15) is 14.4 Å². The Morgan fingerprint density at radius 3 is 2.74 bits per heavy atom. The van der Waals surface area contributed by atoms with Crippen LogP contribution in [0.3, 0.4) is 0 Å². The van der Waals surface area contributed by atoms with Crippen molar-refractivity contribution in [2.45, 2.75) is 56.5 Å². The molecule has 0 aliphatic carbocycles. The Morgan fingerprint density at radius 1 is 1.07 bits per heavy atom. The van der Waals surface area contributed by atoms with E-state index in [0.717, 1.165) is 26.1 Å². The predicted octanol–water partition coefficient (Wildman–Crippen LogP) is 2.89. The van der Waals surface area contributed by atoms with Crippen LogP contribution in [0.15, 0.2) is 67.1 Å². The van der Waals surface area contributed by atoms with E-state index in [2.05, 4.69) is 37.6 Å². The Balaban J connectivity index is 1.03. The molecule has 0 saturated carbocycles. The van der Waals surface area contributed by atoms with Crippen LogP contribution in [0.25, 0.3) is 0 Å². The minimum absolute atomic E-state index is 0.00684. The van der Waals surface area contributed by atoms with Crippen LogP contribution < -0.4 is 15.4 Å². The maximum absolute atomic E-state index is 13.5. The molecular weight excluding hydrogens is 548 g/mol. The number of rotatable bonds is 7. The standard InChI is InChI=1S/C32H36N6O5/c1-37-27-9-8-24(16-30(39)35-23-11-14-38(19-23)18-21-5-3-2-4-6-21)43-29(27)20-42-28-10-7-22(15-25(28)32(37)41)36-31(40)26-17-33-12-13-34-26/h2-7,10,12-13,15,17,23-24,27,29H,8-9,11,14,16,18-20H2,1H3,(H,35,39)(H,36,40)/t23-,24+,27-,29+/m0/s1. The number of benzene rings is 2. The van der Waals surface area contributed by atoms with Crippen LogP contribution in [0.1, 0.15) is 52.1 Å². The number of nitrogens with zero attached hydrogens (tertiary/aromatic N) is 4. The van der Waals surface area contributed by atoms with Crippen molar-refractivity contribution in [3.05, 3.63) is 83.9 Å². The number of hydrogen-bond donors (Lipinski definition) is 2. The van der Waals surface area contributed by atoms with Crippen molar-refractivity contribution >= 4 is 23.4 Å². The highest BCUT2D eigenvalue weighted by Crippen LogP contribution is 2.32. The van der Waals surface area contributed by atoms with E-state index in [1.165, 1.54) is 24.2 Å². The van der Waals surface area contributed by atoms with Gasteiger partial charge in [-0.1, -0.05) is 30.3 Å². The monoisotopic (exact) mass is 584 g/mol. The van der Waals surface area contributed by atoms with Crippen molar-refractivity contribution in [2.24, 2.45) is 0 Å². The fourth-order valence-electron chi connectivity index (χ4n) is 6.15. The van der Waals surface area contributed by atoms with Gasteiger partial charge >= 0.3 is 0 Å². The number of likely N-dealkylation sites (tertiary alicyclic amines) is 1. The SMILES string of the molecule is CN1C(=O)c2cc(NC(=O)c3cnccn3)ccc2OC[C@H]2O[C@@H](CC(=O)N[C@H]3CCN(Cc4ccccc4)C3)CC[C@@H]21. The highest BCUT2D eigenvalue weighted by Gasteiger charge is 2.39. The lowest BCUT2D eigenvalue weighted by atomic mass is 9.94. The van der Waals surface area contributed by atoms with Gasteiger partial charge in [-0.2, -0.15) is 0 Å². The molecule has 43 heavy (non-hydrogen) atoms. The fraction of sp³-hybridized carbons (Fsp3) is 0.406. The molecule has 0 radical (unpaired) electrons. The van der Waals surface area contributed by atoms with Gasteiger partial charge in [0.05, 0.1) is 30.3 Å². The number of fused-ring (bicyclic) bond motifs is 2. The Bertz CT molecular complexity index is 1460. The second-order valence-electron chi connectivity index (χ2n) is 11.4. The summed E-state index contributed by atoms with van der Waals surface area (Å²) in [7, 11) is 1.76. The molecule has 4 atom stereocenters. The molecule has 3 aliphatic rings. The van der Waals surface area contributed by atoms with E-state index in [4.69, 9.17) is 9.47 Å². The van der Waals surface area contributed by atoms with Gasteiger partial charge in [0.15, 0.2) is 0 Å². The zero-order chi connectivity index (χ0) is 29.8. The summed E-state index contributed by atoms with van der Waals surface area (Å²) in [5.41, 5.74) is 2.26. The summed E-state index contributed by atoms with van der Waals surface area (Å²) in [6.07, 6.45) is 6.27. The average Bonchev–Trinajstić information content (AvgIpc) is 3.46. The Kier molecular flexibility index (Phi) is 8.62. The van der Waals surface area contributed by atoms with Gasteiger partial charge in [-0.15, -0.1) is 0 Å². The van der Waals surface area contributed by atoms with Crippen LogP contribution >= 0.6 is 0 Å². The number of carbonyl (C=O) groups is 3. The molecule has 2 saturated heterocycles. The first kappa shape index (κ1) is 28.8. The number of aromatic nitrogens is 2. The number of likely N-dealkylation sites (N-methyl/N-ethyl adjacent to an activating group) is 1. The van der Waals surface area contributed by atoms with Gasteiger partial charge in [0, 0.05) is 50.8 Å². The molecule has 0 bridgehead atoms. The van der Waals surface area contributed by atoms with Gasteiger partial charge in [0.2, 0.25) is 5.91 Å². The zero-order valence-corrected chi connectivity index (χ0v) is 24.1. The molecule has 4 heterocycles. The Morgan fingerprint density at radius 2 is 1.93 bits per heavy atom. The summed E-state index contributed by atoms with van der Waals surface area (Å²) in [4.78, 5) is 51.0. The molecule has 11 heteroatoms. The average molecular weight is 585 g/mol. The largest absolute Gasteiger partial charge is 0.490 e. The second kappa shape index (κ2) is 12.9. The summed E-state index contributed by atoms with van der Waals surface area (Å²) in [5.74, 6) is -0.236. The lowest BCUT2D eigenvalue weighted by Gasteiger charge is -2.42. The topological polar surface area (TPSA) is 126 Å². The predicted molar refractivity (Wildman–Crippen MR) is 159 cm³/mol. The lowest BCUT2D eigenvalue weighted by Crippen LogP contribution is -2.54. The number of hydrogen-bond acceptors (Lipinski definition) is 8. The molecule has 6 rings (SSSR count). The third-order valence-corrected chi connectivity index (χ3v) is 8.36. The summed E-state index contributed by atoms with van der Waals surface area (Å²) in [6, 6.07) is 15.3. The van der Waals surface area contributed by atoms with E-state index in [1.54, 1.807) is 30.1 Å². The molecule has 3 aromatic rings. The van der Waals surface area contributed by atoms with Crippen molar-refractivity contribution in [1.29, 1.82) is 0 Å². The fourth-order valence-corrected chi connectivity index (χ4v) is 6.15. The molecule has 1 aromatic heterocycles. The Labute approximate surface area is 250 Å². The van der Waals surface area contributed by atoms with Gasteiger partial charge in [-0.05, 0) is 43.0 Å². The van der Waals surface area contributed by atoms with Crippen LogP contribution in [-0.4, -0.2) is 88.5 Å². The highest BCUT2D eigenvalue weighted by atomic mass is 16.5. The summed E-state index contributed by atoms with van der Waals surface area (Å²) in [6.45, 7) is 2.92. The third kappa shape index (κ3) is 6.84. The Hall–Kier alpha value is -4.35. The van der Waals surface area contributed by atoms with E-state index in [1.807, 2.05) is 18.2 Å². The summed E-state index contributed by atoms with van der Waals surface area (Å²) >= 11 is 0. The number of amides is 3. The molecule has 0 spiro atoms. The lowest BCUT2D eigenvalue weighted by molar-refractivity contribution is -0.134. The first-order valence-corrected chi connectivity index (χ1v) is 14.8. The van der Waals surface area contributed by atoms with Crippen LogP contribution in [0.2, 0.25) is 0 Å². The van der Waals surface area contributed by atoms with Gasteiger partial charge in [-0.25, -0.2) is 4.98 Å². The maximum Gasteiger partial charge on any atom is 0.275 e. The van der Waals surface area contributed by atoms with E-state index >= 15 is 0 Å². The second-order valence-corrected chi connectivity index (χ2v) is 11.4. The first-order valence-electron chi connectivity index (χ1n) is 14.8. The minimum atomic E-state index is -0.422. The van der Waals surface area contributed by atoms with Gasteiger partial charge in [0.1, 0.15) is 24.2 Å².